The van der Waals surface area contributed by atoms with Gasteiger partial charge in [0.2, 0.25) is 0 Å². The number of nitrogens with one attached hydrogen (secondary N) is 1. The van der Waals surface area contributed by atoms with Gasteiger partial charge in [-0.15, -0.1) is 0 Å². The minimum absolute atomic E-state index is 0.174. The molecule has 0 aliphatic carbocycles. The molecule has 0 unspecified atom stereocenters. The van der Waals surface area contributed by atoms with Gasteiger partial charge in [0.15, 0.2) is 5.11 Å². The summed E-state index contributed by atoms with van der Waals surface area (Å²) in [6, 6.07) is 20.5. The van der Waals surface area contributed by atoms with Gasteiger partial charge in [-0.1, -0.05) is 35.9 Å². The first-order valence-corrected chi connectivity index (χ1v) is 9.06. The van der Waals surface area contributed by atoms with Crippen LogP contribution in [0.4, 0.5) is 11.4 Å². The molecule has 0 atom stereocenters. The monoisotopic (exact) mass is 395 g/mol. The molecule has 0 heterocycles. The zero-order chi connectivity index (χ0) is 19.2. The van der Waals surface area contributed by atoms with Crippen molar-refractivity contribution < 1.29 is 5.11 Å². The van der Waals surface area contributed by atoms with Crippen LogP contribution in [0.5, 0.6) is 5.75 Å². The molecular formula is C21H18ClN3OS. The van der Waals surface area contributed by atoms with E-state index in [2.05, 4.69) is 10.3 Å². The highest BCUT2D eigenvalue weighted by Crippen LogP contribution is 2.23. The van der Waals surface area contributed by atoms with E-state index in [1.54, 1.807) is 12.3 Å². The maximum Gasteiger partial charge on any atom is 0.168 e. The number of anilines is 1. The first kappa shape index (κ1) is 18.9. The summed E-state index contributed by atoms with van der Waals surface area (Å²) in [6.07, 6.45) is 2.32. The molecule has 3 aromatic rings. The number of aliphatic imine (C=N–C) groups is 1. The predicted octanol–water partition coefficient (Wildman–Crippen LogP) is 5.04. The molecular weight excluding hydrogens is 378 g/mol. The van der Waals surface area contributed by atoms with E-state index < -0.39 is 0 Å². The number of thiocarbonyl (C=S) groups is 1. The average Bonchev–Trinajstić information content (AvgIpc) is 2.65. The molecule has 0 bridgehead atoms. The molecule has 0 aliphatic heterocycles. The van der Waals surface area contributed by atoms with Gasteiger partial charge in [-0.3, -0.25) is 4.99 Å². The average molecular weight is 396 g/mol. The van der Waals surface area contributed by atoms with Gasteiger partial charge in [-0.05, 0) is 72.2 Å². The fourth-order valence-corrected chi connectivity index (χ4v) is 2.92. The van der Waals surface area contributed by atoms with Crippen molar-refractivity contribution in [1.29, 1.82) is 0 Å². The van der Waals surface area contributed by atoms with Crippen molar-refractivity contribution in [3.63, 3.8) is 0 Å². The summed E-state index contributed by atoms with van der Waals surface area (Å²) in [4.78, 5) is 4.42. The van der Waals surface area contributed by atoms with Crippen LogP contribution >= 0.6 is 23.8 Å². The van der Waals surface area contributed by atoms with Crippen molar-refractivity contribution in [2.75, 3.05) is 5.32 Å². The number of hydrogen-bond acceptors (Lipinski definition) is 3. The Balaban J connectivity index is 1.77. The highest BCUT2D eigenvalue weighted by atomic mass is 35.5. The second-order valence-electron chi connectivity index (χ2n) is 5.96. The Hall–Kier alpha value is -2.89. The molecule has 4 nitrogen and oxygen atoms in total. The zero-order valence-electron chi connectivity index (χ0n) is 14.4. The Morgan fingerprint density at radius 1 is 1.11 bits per heavy atom. The lowest BCUT2D eigenvalue weighted by Gasteiger charge is -2.07. The summed E-state index contributed by atoms with van der Waals surface area (Å²) in [6.45, 7) is 0. The summed E-state index contributed by atoms with van der Waals surface area (Å²) in [5, 5.41) is 13.9. The summed E-state index contributed by atoms with van der Waals surface area (Å²) < 4.78 is 0. The van der Waals surface area contributed by atoms with Crippen molar-refractivity contribution in [2.24, 2.45) is 10.7 Å². The lowest BCUT2D eigenvalue weighted by atomic mass is 10.0. The van der Waals surface area contributed by atoms with E-state index in [4.69, 9.17) is 29.6 Å². The first-order valence-electron chi connectivity index (χ1n) is 8.27. The van der Waals surface area contributed by atoms with Gasteiger partial charge in [-0.25, -0.2) is 0 Å². The zero-order valence-corrected chi connectivity index (χ0v) is 16.0. The number of hydrogen-bond donors (Lipinski definition) is 3. The molecule has 0 aliphatic rings. The number of nitrogens with two attached hydrogens (primary N) is 1. The third kappa shape index (κ3) is 5.29. The van der Waals surface area contributed by atoms with Crippen LogP contribution in [0.25, 0.3) is 0 Å². The van der Waals surface area contributed by atoms with Crippen LogP contribution in [-0.2, 0) is 6.42 Å². The third-order valence-electron chi connectivity index (χ3n) is 3.93. The van der Waals surface area contributed by atoms with Crippen LogP contribution in [0.2, 0.25) is 5.02 Å². The number of nitrogens with zero attached hydrogens (tertiary/aromatic N) is 1. The predicted molar refractivity (Wildman–Crippen MR) is 116 cm³/mol. The number of phenolic OH excluding ortho intramolecular Hbond substituents is 1. The summed E-state index contributed by atoms with van der Waals surface area (Å²) in [7, 11) is 0. The van der Waals surface area contributed by atoms with Gasteiger partial charge in [0.1, 0.15) is 5.75 Å². The molecule has 27 heavy (non-hydrogen) atoms. The van der Waals surface area contributed by atoms with Gasteiger partial charge in [0.05, 0.1) is 5.69 Å². The third-order valence-corrected chi connectivity index (χ3v) is 4.40. The Kier molecular flexibility index (Phi) is 6.06. The van der Waals surface area contributed by atoms with Crippen LogP contribution in [0, 0.1) is 0 Å². The molecule has 0 aromatic heterocycles. The number of aromatic hydroxyl groups is 1. The van der Waals surface area contributed by atoms with Crippen molar-refractivity contribution in [3.8, 4) is 5.75 Å². The van der Waals surface area contributed by atoms with E-state index in [1.165, 1.54) is 0 Å². The molecule has 6 heteroatoms. The van der Waals surface area contributed by atoms with Gasteiger partial charge in [0.25, 0.3) is 0 Å². The Bertz CT molecular complexity index is 987. The Morgan fingerprint density at radius 2 is 1.85 bits per heavy atom. The van der Waals surface area contributed by atoms with E-state index in [9.17, 15) is 5.11 Å². The van der Waals surface area contributed by atoms with E-state index in [1.807, 2.05) is 60.7 Å². The number of phenols is 1. The summed E-state index contributed by atoms with van der Waals surface area (Å²) in [5.41, 5.74) is 9.71. The van der Waals surface area contributed by atoms with Crippen molar-refractivity contribution in [2.45, 2.75) is 6.42 Å². The molecule has 3 aromatic carbocycles. The van der Waals surface area contributed by atoms with Gasteiger partial charge in [-0.2, -0.15) is 0 Å². The number of halogens is 1. The van der Waals surface area contributed by atoms with Crippen molar-refractivity contribution in [3.05, 3.63) is 88.4 Å². The molecule has 0 saturated heterocycles. The number of rotatable bonds is 5. The Morgan fingerprint density at radius 3 is 2.56 bits per heavy atom. The first-order chi connectivity index (χ1) is 13.0. The summed E-state index contributed by atoms with van der Waals surface area (Å²) >= 11 is 11.0. The standard InChI is InChI=1S/C21H18ClN3OS/c22-19-4-2-1-3-15(19)11-14-5-10-20(26)16(12-14)13-24-17-6-8-18(9-7-17)25-21(23)27/h1-10,12-13,26H,11H2,(H3,23,25,27). The van der Waals surface area contributed by atoms with Gasteiger partial charge < -0.3 is 16.2 Å². The van der Waals surface area contributed by atoms with Crippen molar-refractivity contribution >= 4 is 46.5 Å². The molecule has 0 radical (unpaired) electrons. The minimum atomic E-state index is 0.174. The van der Waals surface area contributed by atoms with E-state index >= 15 is 0 Å². The van der Waals surface area contributed by atoms with Crippen LogP contribution in [-0.4, -0.2) is 16.4 Å². The topological polar surface area (TPSA) is 70.6 Å². The number of benzene rings is 3. The van der Waals surface area contributed by atoms with E-state index in [0.717, 1.165) is 27.5 Å². The van der Waals surface area contributed by atoms with Crippen LogP contribution < -0.4 is 11.1 Å². The fourth-order valence-electron chi connectivity index (χ4n) is 2.60. The van der Waals surface area contributed by atoms with Crippen molar-refractivity contribution in [1.82, 2.24) is 0 Å². The van der Waals surface area contributed by atoms with E-state index in [-0.39, 0.29) is 10.9 Å². The van der Waals surface area contributed by atoms with Crippen LogP contribution in [0.1, 0.15) is 16.7 Å². The fraction of sp³-hybridized carbons (Fsp3) is 0.0476. The summed E-state index contributed by atoms with van der Waals surface area (Å²) in [5.74, 6) is 0.174. The molecule has 3 rings (SSSR count). The van der Waals surface area contributed by atoms with Gasteiger partial charge in [0, 0.05) is 22.5 Å². The molecule has 0 fully saturated rings. The smallest absolute Gasteiger partial charge is 0.168 e. The van der Waals surface area contributed by atoms with Gasteiger partial charge >= 0.3 is 0 Å². The second kappa shape index (κ2) is 8.66. The normalized spacial score (nSPS) is 10.9. The highest BCUT2D eigenvalue weighted by molar-refractivity contribution is 7.80. The second-order valence-corrected chi connectivity index (χ2v) is 6.80. The highest BCUT2D eigenvalue weighted by Gasteiger charge is 2.05. The maximum absolute atomic E-state index is 10.1. The lowest BCUT2D eigenvalue weighted by Crippen LogP contribution is -2.18. The Labute approximate surface area is 168 Å². The SMILES string of the molecule is NC(=S)Nc1ccc(N=Cc2cc(Cc3ccccc3Cl)ccc2O)cc1. The lowest BCUT2D eigenvalue weighted by molar-refractivity contribution is 0.474. The van der Waals surface area contributed by atoms with Crippen LogP contribution in [0.3, 0.4) is 0 Å². The molecule has 4 N–H and O–H groups in total. The van der Waals surface area contributed by atoms with Crippen LogP contribution in [0.15, 0.2) is 71.7 Å². The minimum Gasteiger partial charge on any atom is -0.507 e. The molecule has 0 spiro atoms. The largest absolute Gasteiger partial charge is 0.507 e. The molecule has 0 saturated carbocycles. The molecule has 0 amide bonds. The van der Waals surface area contributed by atoms with E-state index in [0.29, 0.717) is 12.0 Å². The maximum atomic E-state index is 10.1. The molecule has 136 valence electrons. The quantitative estimate of drug-likeness (QED) is 0.418.